The summed E-state index contributed by atoms with van der Waals surface area (Å²) in [5.41, 5.74) is 2.83. The fourth-order valence-corrected chi connectivity index (χ4v) is 1.78. The quantitative estimate of drug-likeness (QED) is 0.650. The second kappa shape index (κ2) is 5.94. The fourth-order valence-electron chi connectivity index (χ4n) is 1.46. The molecule has 1 aromatic carbocycles. The van der Waals surface area contributed by atoms with Crippen LogP contribution in [0.1, 0.15) is 30.9 Å². The zero-order valence-electron chi connectivity index (χ0n) is 8.55. The Kier molecular flexibility index (Phi) is 4.79. The molecule has 0 saturated heterocycles. The number of hydrogen-bond donors (Lipinski definition) is 0. The van der Waals surface area contributed by atoms with Gasteiger partial charge < -0.3 is 4.43 Å². The van der Waals surface area contributed by atoms with Crippen LogP contribution in [0.25, 0.3) is 0 Å². The van der Waals surface area contributed by atoms with E-state index in [1.807, 2.05) is 0 Å². The Balaban J connectivity index is 2.66. The molecular weight excluding hydrogens is 176 g/mol. The van der Waals surface area contributed by atoms with Crippen LogP contribution >= 0.6 is 0 Å². The molecule has 13 heavy (non-hydrogen) atoms. The highest BCUT2D eigenvalue weighted by atomic mass is 28.2. The minimum absolute atomic E-state index is 0.798. The molecule has 0 bridgehead atoms. The molecule has 0 unspecified atom stereocenters. The maximum absolute atomic E-state index is 5.29. The van der Waals surface area contributed by atoms with Crippen LogP contribution in [-0.4, -0.2) is 10.5 Å². The standard InChI is InChI=1S/C11H18OSi/c1-2-3-6-10-7-4-5-8-11(10)9-12-13/h4-5,7-8H,2-3,6,9H2,1,13H3. The van der Waals surface area contributed by atoms with Gasteiger partial charge in [0, 0.05) is 0 Å². The highest BCUT2D eigenvalue weighted by molar-refractivity contribution is 5.97. The predicted molar refractivity (Wildman–Crippen MR) is 59.8 cm³/mol. The van der Waals surface area contributed by atoms with Gasteiger partial charge in [-0.3, -0.25) is 0 Å². The monoisotopic (exact) mass is 194 g/mol. The minimum Gasteiger partial charge on any atom is -0.424 e. The SMILES string of the molecule is CCCCc1ccccc1CO[SiH3]. The van der Waals surface area contributed by atoms with E-state index in [1.165, 1.54) is 30.4 Å². The third-order valence-electron chi connectivity index (χ3n) is 2.22. The summed E-state index contributed by atoms with van der Waals surface area (Å²) in [7, 11) is 0.827. The molecule has 0 saturated carbocycles. The summed E-state index contributed by atoms with van der Waals surface area (Å²) in [5.74, 6) is 0. The van der Waals surface area contributed by atoms with E-state index < -0.39 is 0 Å². The van der Waals surface area contributed by atoms with Gasteiger partial charge in [0.1, 0.15) is 10.5 Å². The van der Waals surface area contributed by atoms with Gasteiger partial charge in [0.2, 0.25) is 0 Å². The van der Waals surface area contributed by atoms with Crippen LogP contribution in [-0.2, 0) is 17.5 Å². The number of unbranched alkanes of at least 4 members (excludes halogenated alkanes) is 1. The average Bonchev–Trinajstić information content (AvgIpc) is 2.17. The Morgan fingerprint density at radius 2 is 1.92 bits per heavy atom. The van der Waals surface area contributed by atoms with Crippen LogP contribution in [0.3, 0.4) is 0 Å². The largest absolute Gasteiger partial charge is 0.424 e. The normalized spacial score (nSPS) is 10.5. The third-order valence-corrected chi connectivity index (χ3v) is 2.51. The summed E-state index contributed by atoms with van der Waals surface area (Å²) in [4.78, 5) is 0. The van der Waals surface area contributed by atoms with Gasteiger partial charge in [0.15, 0.2) is 0 Å². The predicted octanol–water partition coefficient (Wildman–Crippen LogP) is 1.83. The van der Waals surface area contributed by atoms with Crippen LogP contribution in [0.5, 0.6) is 0 Å². The molecule has 0 fully saturated rings. The average molecular weight is 194 g/mol. The van der Waals surface area contributed by atoms with Crippen LogP contribution in [0.15, 0.2) is 24.3 Å². The van der Waals surface area contributed by atoms with E-state index in [9.17, 15) is 0 Å². The number of hydrogen-bond acceptors (Lipinski definition) is 1. The van der Waals surface area contributed by atoms with Crippen molar-refractivity contribution in [2.75, 3.05) is 0 Å². The van der Waals surface area contributed by atoms with Crippen molar-refractivity contribution in [1.82, 2.24) is 0 Å². The van der Waals surface area contributed by atoms with Crippen molar-refractivity contribution in [3.05, 3.63) is 35.4 Å². The van der Waals surface area contributed by atoms with E-state index >= 15 is 0 Å². The first-order valence-electron chi connectivity index (χ1n) is 4.94. The second-order valence-electron chi connectivity index (χ2n) is 3.31. The van der Waals surface area contributed by atoms with Gasteiger partial charge >= 0.3 is 0 Å². The molecule has 0 atom stereocenters. The molecule has 1 aromatic rings. The van der Waals surface area contributed by atoms with Crippen LogP contribution in [0.4, 0.5) is 0 Å². The minimum atomic E-state index is 0.798. The molecule has 0 aliphatic carbocycles. The van der Waals surface area contributed by atoms with E-state index in [4.69, 9.17) is 4.43 Å². The molecular formula is C11H18OSi. The smallest absolute Gasteiger partial charge is 0.146 e. The first-order chi connectivity index (χ1) is 6.38. The van der Waals surface area contributed by atoms with Gasteiger partial charge in [-0.15, -0.1) is 0 Å². The Labute approximate surface area is 83.7 Å². The van der Waals surface area contributed by atoms with Gasteiger partial charge in [-0.25, -0.2) is 0 Å². The molecule has 0 radical (unpaired) electrons. The molecule has 1 rings (SSSR count). The second-order valence-corrected chi connectivity index (χ2v) is 3.88. The number of benzene rings is 1. The van der Waals surface area contributed by atoms with E-state index in [0.717, 1.165) is 17.1 Å². The summed E-state index contributed by atoms with van der Waals surface area (Å²) in [6.45, 7) is 3.03. The Bertz CT molecular complexity index is 248. The van der Waals surface area contributed by atoms with Crippen molar-refractivity contribution in [2.45, 2.75) is 32.8 Å². The zero-order valence-corrected chi connectivity index (χ0v) is 10.5. The summed E-state index contributed by atoms with van der Waals surface area (Å²) in [6.07, 6.45) is 3.73. The maximum atomic E-state index is 5.29. The molecule has 0 aromatic heterocycles. The molecule has 0 aliphatic heterocycles. The molecule has 2 heteroatoms. The van der Waals surface area contributed by atoms with E-state index in [-0.39, 0.29) is 0 Å². The summed E-state index contributed by atoms with van der Waals surface area (Å²) < 4.78 is 5.29. The molecule has 0 aliphatic rings. The first kappa shape index (κ1) is 10.5. The lowest BCUT2D eigenvalue weighted by Gasteiger charge is -2.07. The van der Waals surface area contributed by atoms with Gasteiger partial charge in [-0.1, -0.05) is 37.6 Å². The van der Waals surface area contributed by atoms with E-state index in [0.29, 0.717) is 0 Å². The Morgan fingerprint density at radius 1 is 1.23 bits per heavy atom. The molecule has 0 N–H and O–H groups in total. The number of aryl methyl sites for hydroxylation is 1. The van der Waals surface area contributed by atoms with Gasteiger partial charge in [0.25, 0.3) is 0 Å². The lowest BCUT2D eigenvalue weighted by Crippen LogP contribution is -1.96. The third kappa shape index (κ3) is 3.33. The Hall–Kier alpha value is -0.603. The van der Waals surface area contributed by atoms with Gasteiger partial charge in [-0.2, -0.15) is 0 Å². The molecule has 0 spiro atoms. The molecule has 0 heterocycles. The molecule has 0 amide bonds. The fraction of sp³-hybridized carbons (Fsp3) is 0.455. The van der Waals surface area contributed by atoms with Crippen molar-refractivity contribution in [2.24, 2.45) is 0 Å². The van der Waals surface area contributed by atoms with Crippen molar-refractivity contribution < 1.29 is 4.43 Å². The number of rotatable bonds is 5. The van der Waals surface area contributed by atoms with Crippen molar-refractivity contribution in [3.8, 4) is 0 Å². The van der Waals surface area contributed by atoms with E-state index in [2.05, 4.69) is 31.2 Å². The van der Waals surface area contributed by atoms with Gasteiger partial charge in [0.05, 0.1) is 6.61 Å². The van der Waals surface area contributed by atoms with E-state index in [1.54, 1.807) is 0 Å². The van der Waals surface area contributed by atoms with Crippen molar-refractivity contribution >= 4 is 10.5 Å². The van der Waals surface area contributed by atoms with Gasteiger partial charge in [-0.05, 0) is 24.0 Å². The van der Waals surface area contributed by atoms with Crippen molar-refractivity contribution in [1.29, 1.82) is 0 Å². The topological polar surface area (TPSA) is 9.23 Å². The summed E-state index contributed by atoms with van der Waals surface area (Å²) in [5, 5.41) is 0. The Morgan fingerprint density at radius 3 is 2.54 bits per heavy atom. The summed E-state index contributed by atoms with van der Waals surface area (Å²) in [6, 6.07) is 8.58. The maximum Gasteiger partial charge on any atom is 0.146 e. The first-order valence-corrected chi connectivity index (χ1v) is 5.75. The van der Waals surface area contributed by atoms with Crippen LogP contribution < -0.4 is 0 Å². The molecule has 72 valence electrons. The molecule has 1 nitrogen and oxygen atoms in total. The lowest BCUT2D eigenvalue weighted by molar-refractivity contribution is 0.337. The highest BCUT2D eigenvalue weighted by Crippen LogP contribution is 2.12. The van der Waals surface area contributed by atoms with Crippen molar-refractivity contribution in [3.63, 3.8) is 0 Å². The highest BCUT2D eigenvalue weighted by Gasteiger charge is 1.99. The zero-order chi connectivity index (χ0) is 9.52. The lowest BCUT2D eigenvalue weighted by atomic mass is 10.0. The van der Waals surface area contributed by atoms with Crippen LogP contribution in [0, 0.1) is 0 Å². The summed E-state index contributed by atoms with van der Waals surface area (Å²) >= 11 is 0. The van der Waals surface area contributed by atoms with Crippen LogP contribution in [0.2, 0.25) is 0 Å².